The number of cyclic esters (lactones) is 1. The van der Waals surface area contributed by atoms with Crippen molar-refractivity contribution in [2.75, 3.05) is 5.32 Å². The molecular weight excluding hydrogens is 332 g/mol. The van der Waals surface area contributed by atoms with Crippen LogP contribution in [0.5, 0.6) is 0 Å². The van der Waals surface area contributed by atoms with Crippen LogP contribution in [0, 0.1) is 6.92 Å². The predicted octanol–water partition coefficient (Wildman–Crippen LogP) is 2.79. The van der Waals surface area contributed by atoms with Crippen molar-refractivity contribution in [3.63, 3.8) is 0 Å². The summed E-state index contributed by atoms with van der Waals surface area (Å²) in [5, 5.41) is 2.85. The summed E-state index contributed by atoms with van der Waals surface area (Å²) in [7, 11) is 0. The number of likely N-dealkylation sites (tertiary alicyclic amines) is 1. The van der Waals surface area contributed by atoms with Crippen molar-refractivity contribution in [2.45, 2.75) is 32.0 Å². The first-order valence-corrected chi connectivity index (χ1v) is 8.53. The number of ether oxygens (including phenoxy) is 1. The fraction of sp³-hybridized carbons (Fsp3) is 0.250. The van der Waals surface area contributed by atoms with Gasteiger partial charge in [0, 0.05) is 17.7 Å². The first kappa shape index (κ1) is 16.3. The predicted molar refractivity (Wildman–Crippen MR) is 94.3 cm³/mol. The number of amides is 2. The average molecular weight is 350 g/mol. The molecule has 0 spiro atoms. The molecule has 2 aromatic rings. The van der Waals surface area contributed by atoms with Crippen LogP contribution in [0.25, 0.3) is 0 Å². The largest absolute Gasteiger partial charge is 0.433 e. The molecule has 0 bridgehead atoms. The number of carbonyl (C=O) groups is 3. The van der Waals surface area contributed by atoms with E-state index in [1.807, 2.05) is 31.2 Å². The summed E-state index contributed by atoms with van der Waals surface area (Å²) in [6, 6.07) is 13.7. The quantitative estimate of drug-likeness (QED) is 0.864. The molecule has 6 heteroatoms. The van der Waals surface area contributed by atoms with Gasteiger partial charge in [0.2, 0.25) is 18.0 Å². The van der Waals surface area contributed by atoms with Gasteiger partial charge in [-0.25, -0.2) is 4.79 Å². The smallest absolute Gasteiger partial charge is 0.340 e. The Kier molecular flexibility index (Phi) is 3.95. The van der Waals surface area contributed by atoms with Gasteiger partial charge in [0.15, 0.2) is 0 Å². The van der Waals surface area contributed by atoms with E-state index in [1.54, 1.807) is 24.3 Å². The normalized spacial score (nSPS) is 21.5. The Morgan fingerprint density at radius 2 is 1.85 bits per heavy atom. The molecular formula is C20H18N2O4. The summed E-state index contributed by atoms with van der Waals surface area (Å²) in [6.45, 7) is 1.97. The van der Waals surface area contributed by atoms with Crippen molar-refractivity contribution < 1.29 is 19.1 Å². The number of carbonyl (C=O) groups excluding carboxylic acids is 3. The minimum Gasteiger partial charge on any atom is -0.433 e. The van der Waals surface area contributed by atoms with Crippen LogP contribution in [0.1, 0.15) is 40.6 Å². The Labute approximate surface area is 150 Å². The van der Waals surface area contributed by atoms with Gasteiger partial charge in [0.05, 0.1) is 5.56 Å². The lowest BCUT2D eigenvalue weighted by Crippen LogP contribution is -2.43. The Morgan fingerprint density at radius 3 is 2.62 bits per heavy atom. The van der Waals surface area contributed by atoms with Crippen LogP contribution in [-0.4, -0.2) is 28.7 Å². The molecule has 132 valence electrons. The standard InChI is InChI=1S/C20H18N2O4/c1-12-6-8-13(9-7-12)21-18(24)16-10-11-17(23)22(16)19-14-4-2-3-5-15(14)20(25)26-19/h2-9,16,19H,10-11H2,1H3,(H,21,24)/t16-,19+/m0/s1. The third-order valence-electron chi connectivity index (χ3n) is 4.80. The van der Waals surface area contributed by atoms with E-state index in [-0.39, 0.29) is 18.2 Å². The summed E-state index contributed by atoms with van der Waals surface area (Å²) in [5.41, 5.74) is 2.83. The lowest BCUT2D eigenvalue weighted by Gasteiger charge is -2.29. The molecule has 2 amide bonds. The fourth-order valence-corrected chi connectivity index (χ4v) is 3.45. The summed E-state index contributed by atoms with van der Waals surface area (Å²) in [5.74, 6) is -0.938. The van der Waals surface area contributed by atoms with Gasteiger partial charge in [-0.15, -0.1) is 0 Å². The second kappa shape index (κ2) is 6.29. The van der Waals surface area contributed by atoms with Crippen LogP contribution in [0.4, 0.5) is 5.69 Å². The lowest BCUT2D eigenvalue weighted by molar-refractivity contribution is -0.144. The maximum Gasteiger partial charge on any atom is 0.340 e. The number of nitrogens with one attached hydrogen (secondary N) is 1. The second-order valence-electron chi connectivity index (χ2n) is 6.56. The SMILES string of the molecule is Cc1ccc(NC(=O)[C@@H]2CCC(=O)N2[C@@H]2OC(=O)c3ccccc32)cc1. The number of rotatable bonds is 3. The van der Waals surface area contributed by atoms with E-state index >= 15 is 0 Å². The molecule has 4 rings (SSSR count). The van der Waals surface area contributed by atoms with Gasteiger partial charge in [-0.3, -0.25) is 14.5 Å². The monoisotopic (exact) mass is 350 g/mol. The van der Waals surface area contributed by atoms with Crippen molar-refractivity contribution >= 4 is 23.5 Å². The summed E-state index contributed by atoms with van der Waals surface area (Å²) < 4.78 is 5.42. The van der Waals surface area contributed by atoms with E-state index in [1.165, 1.54) is 4.90 Å². The number of hydrogen-bond donors (Lipinski definition) is 1. The molecule has 0 aliphatic carbocycles. The maximum atomic E-state index is 12.8. The molecule has 2 aliphatic heterocycles. The third-order valence-corrected chi connectivity index (χ3v) is 4.80. The highest BCUT2D eigenvalue weighted by molar-refractivity contribution is 6.00. The van der Waals surface area contributed by atoms with Crippen LogP contribution in [0.2, 0.25) is 0 Å². The Hall–Kier alpha value is -3.15. The van der Waals surface area contributed by atoms with Gasteiger partial charge >= 0.3 is 5.97 Å². The van der Waals surface area contributed by atoms with Gasteiger partial charge < -0.3 is 10.1 Å². The van der Waals surface area contributed by atoms with E-state index in [9.17, 15) is 14.4 Å². The molecule has 1 saturated heterocycles. The van der Waals surface area contributed by atoms with Crippen molar-refractivity contribution in [2.24, 2.45) is 0 Å². The lowest BCUT2D eigenvalue weighted by atomic mass is 10.1. The minimum absolute atomic E-state index is 0.191. The van der Waals surface area contributed by atoms with Crippen LogP contribution in [0.15, 0.2) is 48.5 Å². The third kappa shape index (κ3) is 2.73. The molecule has 2 atom stereocenters. The summed E-state index contributed by atoms with van der Waals surface area (Å²) in [6.07, 6.45) is -0.197. The van der Waals surface area contributed by atoms with Gasteiger partial charge in [-0.2, -0.15) is 0 Å². The topological polar surface area (TPSA) is 75.7 Å². The second-order valence-corrected chi connectivity index (χ2v) is 6.56. The van der Waals surface area contributed by atoms with Gasteiger partial charge in [-0.1, -0.05) is 35.9 Å². The highest BCUT2D eigenvalue weighted by atomic mass is 16.6. The number of fused-ring (bicyclic) bond motifs is 1. The Balaban J connectivity index is 1.59. The van der Waals surface area contributed by atoms with Crippen molar-refractivity contribution in [3.8, 4) is 0 Å². The first-order valence-electron chi connectivity index (χ1n) is 8.53. The Morgan fingerprint density at radius 1 is 1.12 bits per heavy atom. The molecule has 0 saturated carbocycles. The Bertz CT molecular complexity index is 891. The van der Waals surface area contributed by atoms with Crippen LogP contribution < -0.4 is 5.32 Å². The maximum absolute atomic E-state index is 12.8. The summed E-state index contributed by atoms with van der Waals surface area (Å²) >= 11 is 0. The van der Waals surface area contributed by atoms with E-state index in [4.69, 9.17) is 4.74 Å². The molecule has 2 aromatic carbocycles. The van der Waals surface area contributed by atoms with E-state index in [0.717, 1.165) is 5.56 Å². The summed E-state index contributed by atoms with van der Waals surface area (Å²) in [4.78, 5) is 38.7. The highest BCUT2D eigenvalue weighted by Gasteiger charge is 2.46. The van der Waals surface area contributed by atoms with E-state index in [0.29, 0.717) is 23.2 Å². The zero-order valence-electron chi connectivity index (χ0n) is 14.3. The number of hydrogen-bond acceptors (Lipinski definition) is 4. The average Bonchev–Trinajstić information content (AvgIpc) is 3.17. The molecule has 2 heterocycles. The van der Waals surface area contributed by atoms with Crippen molar-refractivity contribution in [1.82, 2.24) is 4.90 Å². The zero-order valence-corrected chi connectivity index (χ0v) is 14.3. The van der Waals surface area contributed by atoms with Gasteiger partial charge in [0.25, 0.3) is 0 Å². The van der Waals surface area contributed by atoms with Crippen LogP contribution >= 0.6 is 0 Å². The van der Waals surface area contributed by atoms with Crippen LogP contribution in [-0.2, 0) is 14.3 Å². The molecule has 1 N–H and O–H groups in total. The molecule has 1 fully saturated rings. The molecule has 0 unspecified atom stereocenters. The van der Waals surface area contributed by atoms with Crippen LogP contribution in [0.3, 0.4) is 0 Å². The number of aryl methyl sites for hydroxylation is 1. The number of nitrogens with zero attached hydrogens (tertiary/aromatic N) is 1. The number of benzene rings is 2. The number of anilines is 1. The first-order chi connectivity index (χ1) is 12.5. The fourth-order valence-electron chi connectivity index (χ4n) is 3.45. The minimum atomic E-state index is -0.845. The van der Waals surface area contributed by atoms with E-state index < -0.39 is 18.2 Å². The van der Waals surface area contributed by atoms with E-state index in [2.05, 4.69) is 5.32 Å². The van der Waals surface area contributed by atoms with Gasteiger partial charge in [-0.05, 0) is 31.5 Å². The zero-order chi connectivity index (χ0) is 18.3. The molecule has 0 aromatic heterocycles. The molecule has 26 heavy (non-hydrogen) atoms. The number of esters is 1. The van der Waals surface area contributed by atoms with Gasteiger partial charge in [0.1, 0.15) is 6.04 Å². The van der Waals surface area contributed by atoms with Crippen molar-refractivity contribution in [3.05, 3.63) is 65.2 Å². The van der Waals surface area contributed by atoms with Crippen molar-refractivity contribution in [1.29, 1.82) is 0 Å². The molecule has 0 radical (unpaired) electrons. The molecule has 2 aliphatic rings. The molecule has 6 nitrogen and oxygen atoms in total. The highest BCUT2D eigenvalue weighted by Crippen LogP contribution is 2.38.